The number of aromatic nitrogens is 4. The van der Waals surface area contributed by atoms with Crippen LogP contribution in [0.5, 0.6) is 0 Å². The molecule has 82 valence electrons. The van der Waals surface area contributed by atoms with Crippen LogP contribution in [0.2, 0.25) is 5.15 Å². The first-order valence-corrected chi connectivity index (χ1v) is 5.81. The van der Waals surface area contributed by atoms with E-state index < -0.39 is 0 Å². The van der Waals surface area contributed by atoms with Gasteiger partial charge in [-0.15, -0.1) is 10.2 Å². The van der Waals surface area contributed by atoms with Crippen LogP contribution >= 0.6 is 23.4 Å². The predicted octanol–water partition coefficient (Wildman–Crippen LogP) is 2.69. The lowest BCUT2D eigenvalue weighted by Crippen LogP contribution is -1.95. The lowest BCUT2D eigenvalue weighted by molar-refractivity contribution is 0.888. The summed E-state index contributed by atoms with van der Waals surface area (Å²) >= 11 is 7.33. The number of nitrogens with zero attached hydrogens (tertiary/aromatic N) is 4. The molecular weight excluding hydrogens is 244 g/mol. The van der Waals surface area contributed by atoms with Gasteiger partial charge < -0.3 is 0 Å². The summed E-state index contributed by atoms with van der Waals surface area (Å²) in [7, 11) is 0. The first kappa shape index (κ1) is 11.3. The zero-order valence-electron chi connectivity index (χ0n) is 8.81. The largest absolute Gasteiger partial charge is 0.245 e. The summed E-state index contributed by atoms with van der Waals surface area (Å²) in [5.41, 5.74) is 1.98. The van der Waals surface area contributed by atoms with Crippen molar-refractivity contribution in [1.29, 1.82) is 0 Å². The second-order valence-corrected chi connectivity index (χ2v) is 4.56. The van der Waals surface area contributed by atoms with Crippen molar-refractivity contribution < 1.29 is 0 Å². The molecule has 0 aliphatic rings. The topological polar surface area (TPSA) is 51.6 Å². The molecule has 0 bridgehead atoms. The van der Waals surface area contributed by atoms with E-state index in [1.54, 1.807) is 6.20 Å². The van der Waals surface area contributed by atoms with Crippen molar-refractivity contribution in [3.05, 3.63) is 34.9 Å². The zero-order chi connectivity index (χ0) is 11.5. The first-order chi connectivity index (χ1) is 7.68. The SMILES string of the molecule is Cc1c(Cl)nnc(Sc2ccncn2)c1C. The summed E-state index contributed by atoms with van der Waals surface area (Å²) in [5.74, 6) is 0. The van der Waals surface area contributed by atoms with Crippen molar-refractivity contribution in [2.75, 3.05) is 0 Å². The minimum Gasteiger partial charge on any atom is -0.245 e. The highest BCUT2D eigenvalue weighted by atomic mass is 35.5. The van der Waals surface area contributed by atoms with Crippen molar-refractivity contribution in [2.45, 2.75) is 23.9 Å². The van der Waals surface area contributed by atoms with E-state index in [4.69, 9.17) is 11.6 Å². The average molecular weight is 253 g/mol. The molecule has 2 aromatic rings. The van der Waals surface area contributed by atoms with Gasteiger partial charge in [0.2, 0.25) is 0 Å². The standard InChI is InChI=1S/C10H9ClN4S/c1-6-7(2)10(15-14-9(6)11)16-8-3-4-12-5-13-8/h3-5H,1-2H3. The van der Waals surface area contributed by atoms with Gasteiger partial charge in [-0.3, -0.25) is 0 Å². The van der Waals surface area contributed by atoms with Crippen LogP contribution in [0.15, 0.2) is 28.6 Å². The van der Waals surface area contributed by atoms with Crippen LogP contribution in [-0.4, -0.2) is 20.2 Å². The highest BCUT2D eigenvalue weighted by Gasteiger charge is 2.09. The summed E-state index contributed by atoms with van der Waals surface area (Å²) in [6.07, 6.45) is 3.20. The Morgan fingerprint density at radius 3 is 2.69 bits per heavy atom. The molecular formula is C10H9ClN4S. The molecule has 0 unspecified atom stereocenters. The van der Waals surface area contributed by atoms with Crippen LogP contribution in [0.3, 0.4) is 0 Å². The summed E-state index contributed by atoms with van der Waals surface area (Å²) in [5, 5.41) is 10.1. The smallest absolute Gasteiger partial charge is 0.154 e. The number of hydrogen-bond donors (Lipinski definition) is 0. The fraction of sp³-hybridized carbons (Fsp3) is 0.200. The van der Waals surface area contributed by atoms with Crippen molar-refractivity contribution in [1.82, 2.24) is 20.2 Å². The maximum atomic E-state index is 5.88. The third kappa shape index (κ3) is 2.31. The molecule has 0 aromatic carbocycles. The Morgan fingerprint density at radius 2 is 2.00 bits per heavy atom. The second-order valence-electron chi connectivity index (χ2n) is 3.20. The molecule has 0 radical (unpaired) electrons. The minimum atomic E-state index is 0.449. The highest BCUT2D eigenvalue weighted by molar-refractivity contribution is 7.99. The van der Waals surface area contributed by atoms with Gasteiger partial charge >= 0.3 is 0 Å². The quantitative estimate of drug-likeness (QED) is 0.769. The lowest BCUT2D eigenvalue weighted by Gasteiger charge is -2.06. The van der Waals surface area contributed by atoms with Crippen LogP contribution in [0, 0.1) is 13.8 Å². The molecule has 16 heavy (non-hydrogen) atoms. The van der Waals surface area contributed by atoms with Crippen molar-refractivity contribution >= 4 is 23.4 Å². The van der Waals surface area contributed by atoms with Gasteiger partial charge in [0.15, 0.2) is 5.15 Å². The second kappa shape index (κ2) is 4.76. The molecule has 0 aliphatic carbocycles. The van der Waals surface area contributed by atoms with Gasteiger partial charge in [-0.2, -0.15) is 0 Å². The number of hydrogen-bond acceptors (Lipinski definition) is 5. The van der Waals surface area contributed by atoms with Gasteiger partial charge in [-0.25, -0.2) is 9.97 Å². The monoisotopic (exact) mass is 252 g/mol. The van der Waals surface area contributed by atoms with Gasteiger partial charge in [-0.05, 0) is 42.8 Å². The third-order valence-electron chi connectivity index (χ3n) is 2.18. The zero-order valence-corrected chi connectivity index (χ0v) is 10.4. The molecule has 2 heterocycles. The Balaban J connectivity index is 2.33. The van der Waals surface area contributed by atoms with E-state index >= 15 is 0 Å². The predicted molar refractivity (Wildman–Crippen MR) is 62.7 cm³/mol. The maximum Gasteiger partial charge on any atom is 0.154 e. The molecule has 0 atom stereocenters. The molecule has 2 aromatic heterocycles. The van der Waals surface area contributed by atoms with Crippen molar-refractivity contribution in [3.8, 4) is 0 Å². The Kier molecular flexibility index (Phi) is 3.36. The summed E-state index contributed by atoms with van der Waals surface area (Å²) in [4.78, 5) is 7.98. The number of halogens is 1. The Labute approximate surface area is 102 Å². The van der Waals surface area contributed by atoms with Crippen LogP contribution in [-0.2, 0) is 0 Å². The molecule has 0 saturated heterocycles. The van der Waals surface area contributed by atoms with Crippen LogP contribution < -0.4 is 0 Å². The van der Waals surface area contributed by atoms with Crippen molar-refractivity contribution in [3.63, 3.8) is 0 Å². The van der Waals surface area contributed by atoms with Gasteiger partial charge in [-0.1, -0.05) is 11.6 Å². The van der Waals surface area contributed by atoms with Gasteiger partial charge in [0.25, 0.3) is 0 Å². The molecule has 6 heteroatoms. The van der Waals surface area contributed by atoms with E-state index in [-0.39, 0.29) is 0 Å². The Hall–Kier alpha value is -1.20. The molecule has 0 aliphatic heterocycles. The van der Waals surface area contributed by atoms with Crippen LogP contribution in [0.1, 0.15) is 11.1 Å². The van der Waals surface area contributed by atoms with E-state index in [1.807, 2.05) is 19.9 Å². The Bertz CT molecular complexity index is 504. The lowest BCUT2D eigenvalue weighted by atomic mass is 10.2. The average Bonchev–Trinajstić information content (AvgIpc) is 2.31. The molecule has 0 spiro atoms. The maximum absolute atomic E-state index is 5.88. The van der Waals surface area contributed by atoms with Gasteiger partial charge in [0.05, 0.1) is 0 Å². The van der Waals surface area contributed by atoms with E-state index in [0.29, 0.717) is 5.15 Å². The molecule has 0 amide bonds. The number of rotatable bonds is 2. The van der Waals surface area contributed by atoms with E-state index in [0.717, 1.165) is 21.2 Å². The van der Waals surface area contributed by atoms with E-state index in [9.17, 15) is 0 Å². The molecule has 2 rings (SSSR count). The summed E-state index contributed by atoms with van der Waals surface area (Å²) in [6.45, 7) is 3.90. The minimum absolute atomic E-state index is 0.449. The highest BCUT2D eigenvalue weighted by Crippen LogP contribution is 2.29. The fourth-order valence-corrected chi connectivity index (χ4v) is 2.08. The summed E-state index contributed by atoms with van der Waals surface area (Å²) < 4.78 is 0. The van der Waals surface area contributed by atoms with Gasteiger partial charge in [0.1, 0.15) is 16.4 Å². The fourth-order valence-electron chi connectivity index (χ4n) is 1.09. The third-order valence-corrected chi connectivity index (χ3v) is 3.57. The summed E-state index contributed by atoms with van der Waals surface area (Å²) in [6, 6.07) is 1.83. The molecule has 4 nitrogen and oxygen atoms in total. The van der Waals surface area contributed by atoms with Crippen LogP contribution in [0.4, 0.5) is 0 Å². The first-order valence-electron chi connectivity index (χ1n) is 4.61. The van der Waals surface area contributed by atoms with E-state index in [1.165, 1.54) is 18.1 Å². The normalized spacial score (nSPS) is 10.4. The van der Waals surface area contributed by atoms with Crippen LogP contribution in [0.25, 0.3) is 0 Å². The molecule has 0 N–H and O–H groups in total. The van der Waals surface area contributed by atoms with Crippen molar-refractivity contribution in [2.24, 2.45) is 0 Å². The van der Waals surface area contributed by atoms with E-state index in [2.05, 4.69) is 20.2 Å². The van der Waals surface area contributed by atoms with Gasteiger partial charge in [0, 0.05) is 6.20 Å². The Morgan fingerprint density at radius 1 is 1.19 bits per heavy atom. The molecule has 0 saturated carbocycles. The molecule has 0 fully saturated rings.